The summed E-state index contributed by atoms with van der Waals surface area (Å²) in [6.07, 6.45) is -0.927. The van der Waals surface area contributed by atoms with E-state index in [1.807, 2.05) is 0 Å². The second-order valence-electron chi connectivity index (χ2n) is 6.43. The van der Waals surface area contributed by atoms with E-state index in [0.717, 1.165) is 13.7 Å². The van der Waals surface area contributed by atoms with Gasteiger partial charge >= 0.3 is 29.0 Å². The number of aromatic nitrogens is 3. The SMILES string of the molecule is CCC(O)Cn1c(=O)n(C)c(=O)n(CC(O)CC)c1=O.COC(=O)CSSCC(=O)OC. The Hall–Kier alpha value is -2.03. The summed E-state index contributed by atoms with van der Waals surface area (Å²) in [6, 6.07) is 0. The smallest absolute Gasteiger partial charge is 0.336 e. The van der Waals surface area contributed by atoms with E-state index in [1.54, 1.807) is 13.8 Å². The van der Waals surface area contributed by atoms with Crippen molar-refractivity contribution in [2.45, 2.75) is 52.0 Å². The first-order valence-electron chi connectivity index (χ1n) is 9.68. The molecule has 0 aliphatic heterocycles. The molecule has 1 rings (SSSR count). The summed E-state index contributed by atoms with van der Waals surface area (Å²) in [5.74, 6) is -0.0919. The van der Waals surface area contributed by atoms with Gasteiger partial charge in [-0.1, -0.05) is 35.4 Å². The molecule has 1 aromatic heterocycles. The zero-order valence-electron chi connectivity index (χ0n) is 18.8. The summed E-state index contributed by atoms with van der Waals surface area (Å²) in [4.78, 5) is 57.1. The molecule has 0 saturated heterocycles. The molecule has 1 aromatic rings. The number of carbonyl (C=O) groups is 2. The van der Waals surface area contributed by atoms with Crippen molar-refractivity contribution in [3.63, 3.8) is 0 Å². The fourth-order valence-corrected chi connectivity index (χ4v) is 3.71. The highest BCUT2D eigenvalue weighted by Gasteiger charge is 2.17. The van der Waals surface area contributed by atoms with Gasteiger partial charge in [0.25, 0.3) is 0 Å². The minimum Gasteiger partial charge on any atom is -0.468 e. The Balaban J connectivity index is 0.000000687. The maximum atomic E-state index is 12.2. The van der Waals surface area contributed by atoms with E-state index >= 15 is 0 Å². The van der Waals surface area contributed by atoms with Crippen LogP contribution in [-0.4, -0.2) is 73.8 Å². The van der Waals surface area contributed by atoms with Crippen molar-refractivity contribution in [3.05, 3.63) is 31.5 Å². The lowest BCUT2D eigenvalue weighted by atomic mass is 10.3. The molecule has 32 heavy (non-hydrogen) atoms. The van der Waals surface area contributed by atoms with Crippen LogP contribution < -0.4 is 17.1 Å². The maximum absolute atomic E-state index is 12.2. The number of rotatable bonds is 11. The zero-order chi connectivity index (χ0) is 24.8. The molecular weight excluding hydrogens is 466 g/mol. The largest absolute Gasteiger partial charge is 0.468 e. The van der Waals surface area contributed by atoms with E-state index in [-0.39, 0.29) is 36.5 Å². The van der Waals surface area contributed by atoms with Crippen molar-refractivity contribution in [1.29, 1.82) is 0 Å². The molecule has 2 atom stereocenters. The third-order valence-electron chi connectivity index (χ3n) is 4.12. The lowest BCUT2D eigenvalue weighted by Crippen LogP contribution is -2.55. The van der Waals surface area contributed by atoms with Crippen LogP contribution in [0.2, 0.25) is 0 Å². The molecule has 0 fully saturated rings. The van der Waals surface area contributed by atoms with Gasteiger partial charge in [-0.25, -0.2) is 28.1 Å². The summed E-state index contributed by atoms with van der Waals surface area (Å²) in [5, 5.41) is 19.2. The van der Waals surface area contributed by atoms with Crippen LogP contribution in [0.15, 0.2) is 14.4 Å². The van der Waals surface area contributed by atoms with Gasteiger partial charge in [0.1, 0.15) is 11.5 Å². The molecule has 2 N–H and O–H groups in total. The maximum Gasteiger partial charge on any atom is 0.336 e. The molecule has 14 heteroatoms. The molecule has 184 valence electrons. The van der Waals surface area contributed by atoms with Gasteiger partial charge in [-0.2, -0.15) is 0 Å². The van der Waals surface area contributed by atoms with Gasteiger partial charge in [0.2, 0.25) is 0 Å². The minimum absolute atomic E-state index is 0.176. The molecule has 1 heterocycles. The summed E-state index contributed by atoms with van der Waals surface area (Å²) in [6.45, 7) is 3.09. The molecule has 0 bridgehead atoms. The topological polar surface area (TPSA) is 159 Å². The van der Waals surface area contributed by atoms with Crippen molar-refractivity contribution >= 4 is 33.5 Å². The van der Waals surface area contributed by atoms with E-state index in [2.05, 4.69) is 9.47 Å². The Labute approximate surface area is 192 Å². The van der Waals surface area contributed by atoms with Crippen LogP contribution in [0.4, 0.5) is 0 Å². The van der Waals surface area contributed by atoms with Gasteiger partial charge in [0.15, 0.2) is 0 Å². The molecule has 0 saturated carbocycles. The van der Waals surface area contributed by atoms with Crippen LogP contribution in [0, 0.1) is 0 Å². The number of esters is 2. The number of methoxy groups -OCH3 is 2. The van der Waals surface area contributed by atoms with Gasteiger partial charge in [0, 0.05) is 7.05 Å². The quantitative estimate of drug-likeness (QED) is 0.218. The highest BCUT2D eigenvalue weighted by Crippen LogP contribution is 2.20. The highest BCUT2D eigenvalue weighted by molar-refractivity contribution is 8.77. The average Bonchev–Trinajstić information content (AvgIpc) is 2.80. The first-order chi connectivity index (χ1) is 15.0. The van der Waals surface area contributed by atoms with E-state index in [1.165, 1.54) is 42.9 Å². The lowest BCUT2D eigenvalue weighted by molar-refractivity contribution is -0.138. The van der Waals surface area contributed by atoms with Gasteiger partial charge < -0.3 is 19.7 Å². The summed E-state index contributed by atoms with van der Waals surface area (Å²) < 4.78 is 11.2. The van der Waals surface area contributed by atoms with Crippen molar-refractivity contribution in [2.75, 3.05) is 25.7 Å². The monoisotopic (exact) mass is 497 g/mol. The number of aliphatic hydroxyl groups is 2. The first kappa shape index (κ1) is 30.0. The minimum atomic E-state index is -0.845. The third-order valence-corrected chi connectivity index (χ3v) is 6.20. The normalized spacial score (nSPS) is 12.3. The van der Waals surface area contributed by atoms with Crippen LogP contribution >= 0.6 is 21.6 Å². The van der Waals surface area contributed by atoms with E-state index < -0.39 is 29.3 Å². The summed E-state index contributed by atoms with van der Waals surface area (Å²) >= 11 is 0. The van der Waals surface area contributed by atoms with Gasteiger partial charge in [-0.15, -0.1) is 0 Å². The summed E-state index contributed by atoms with van der Waals surface area (Å²) in [7, 11) is 6.45. The molecule has 12 nitrogen and oxygen atoms in total. The van der Waals surface area contributed by atoms with Crippen LogP contribution in [0.3, 0.4) is 0 Å². The number of nitrogens with zero attached hydrogens (tertiary/aromatic N) is 3. The fourth-order valence-electron chi connectivity index (χ4n) is 2.04. The van der Waals surface area contributed by atoms with Gasteiger partial charge in [-0.3, -0.25) is 9.59 Å². The number of hydrogen-bond donors (Lipinski definition) is 2. The van der Waals surface area contributed by atoms with Crippen molar-refractivity contribution in [3.8, 4) is 0 Å². The number of carbonyl (C=O) groups excluding carboxylic acids is 2. The molecular formula is C18H31N3O9S2. The Kier molecular flexibility index (Phi) is 14.7. The fraction of sp³-hybridized carbons (Fsp3) is 0.722. The molecule has 0 aliphatic carbocycles. The second kappa shape index (κ2) is 15.7. The van der Waals surface area contributed by atoms with Crippen molar-refractivity contribution < 1.29 is 29.3 Å². The molecule has 0 radical (unpaired) electrons. The Morgan fingerprint density at radius 3 is 1.44 bits per heavy atom. The van der Waals surface area contributed by atoms with Crippen LogP contribution in [-0.2, 0) is 39.2 Å². The Bertz CT molecular complexity index is 842. The van der Waals surface area contributed by atoms with Crippen LogP contribution in [0.5, 0.6) is 0 Å². The molecule has 2 unspecified atom stereocenters. The van der Waals surface area contributed by atoms with Gasteiger partial charge in [-0.05, 0) is 12.8 Å². The first-order valence-corrected chi connectivity index (χ1v) is 12.2. The van der Waals surface area contributed by atoms with E-state index in [0.29, 0.717) is 12.8 Å². The van der Waals surface area contributed by atoms with Crippen molar-refractivity contribution in [2.24, 2.45) is 7.05 Å². The van der Waals surface area contributed by atoms with Crippen molar-refractivity contribution in [1.82, 2.24) is 13.7 Å². The van der Waals surface area contributed by atoms with Crippen LogP contribution in [0.1, 0.15) is 26.7 Å². The summed E-state index contributed by atoms with van der Waals surface area (Å²) in [5.41, 5.74) is -2.34. The number of ether oxygens (including phenoxy) is 2. The average molecular weight is 498 g/mol. The predicted molar refractivity (Wildman–Crippen MR) is 122 cm³/mol. The highest BCUT2D eigenvalue weighted by atomic mass is 33.1. The zero-order valence-corrected chi connectivity index (χ0v) is 20.4. The lowest BCUT2D eigenvalue weighted by Gasteiger charge is -2.15. The van der Waals surface area contributed by atoms with Gasteiger partial charge in [0.05, 0.1) is 39.5 Å². The molecule has 0 aliphatic rings. The van der Waals surface area contributed by atoms with E-state index in [4.69, 9.17) is 0 Å². The van der Waals surface area contributed by atoms with Crippen LogP contribution in [0.25, 0.3) is 0 Å². The predicted octanol–water partition coefficient (Wildman–Crippen LogP) is -1.04. The Morgan fingerprint density at radius 1 is 0.812 bits per heavy atom. The third kappa shape index (κ3) is 10.1. The molecule has 0 spiro atoms. The number of aliphatic hydroxyl groups excluding tert-OH is 2. The molecule has 0 amide bonds. The standard InChI is InChI=1S/C12H21N3O5.C6H10O4S2/c1-4-8(16)6-14-10(18)13(3)11(19)15(12(14)20)7-9(17)5-2;1-9-5(7)3-11-12-4-6(8)10-2/h8-9,16-17H,4-7H2,1-3H3;3-4H2,1-2H3. The van der Waals surface area contributed by atoms with E-state index in [9.17, 15) is 34.2 Å². The second-order valence-corrected chi connectivity index (χ2v) is 8.89. The molecule has 0 aromatic carbocycles. The number of hydrogen-bond acceptors (Lipinski definition) is 11. The Morgan fingerprint density at radius 2 is 1.16 bits per heavy atom.